The minimum atomic E-state index is 0.202. The van der Waals surface area contributed by atoms with E-state index in [1.807, 2.05) is 6.08 Å². The van der Waals surface area contributed by atoms with Crippen LogP contribution in [0, 0.1) is 0 Å². The van der Waals surface area contributed by atoms with Crippen molar-refractivity contribution in [1.29, 1.82) is 0 Å². The van der Waals surface area contributed by atoms with Crippen LogP contribution in [0.4, 0.5) is 0 Å². The monoisotopic (exact) mass is 153 g/mol. The highest BCUT2D eigenvalue weighted by molar-refractivity contribution is 5.24. The number of rotatable bonds is 3. The van der Waals surface area contributed by atoms with Gasteiger partial charge in [-0.05, 0) is 19.3 Å². The third-order valence-electron chi connectivity index (χ3n) is 1.83. The first-order chi connectivity index (χ1) is 5.33. The standard InChI is InChI=1S/C9H15NO/c10-9-5-3-8(4-6-9)2-1-7-11/h3-5,9,11H,1-2,6-7,10H2. The fourth-order valence-corrected chi connectivity index (χ4v) is 1.15. The van der Waals surface area contributed by atoms with Gasteiger partial charge >= 0.3 is 0 Å². The van der Waals surface area contributed by atoms with Crippen molar-refractivity contribution in [3.63, 3.8) is 0 Å². The summed E-state index contributed by atoms with van der Waals surface area (Å²) in [4.78, 5) is 0. The maximum absolute atomic E-state index is 8.57. The van der Waals surface area contributed by atoms with E-state index in [4.69, 9.17) is 10.8 Å². The maximum atomic E-state index is 8.57. The van der Waals surface area contributed by atoms with Crippen LogP contribution in [0.1, 0.15) is 19.3 Å². The fourth-order valence-electron chi connectivity index (χ4n) is 1.15. The normalized spacial score (nSPS) is 23.5. The summed E-state index contributed by atoms with van der Waals surface area (Å²) in [7, 11) is 0. The molecule has 1 aliphatic carbocycles. The predicted octanol–water partition coefficient (Wildman–Crippen LogP) is 0.973. The van der Waals surface area contributed by atoms with Crippen LogP contribution in [-0.2, 0) is 0 Å². The molecule has 1 unspecified atom stereocenters. The first-order valence-corrected chi connectivity index (χ1v) is 4.06. The molecular weight excluding hydrogens is 138 g/mol. The van der Waals surface area contributed by atoms with Crippen molar-refractivity contribution in [1.82, 2.24) is 0 Å². The molecule has 0 fully saturated rings. The van der Waals surface area contributed by atoms with Gasteiger partial charge in [-0.3, -0.25) is 0 Å². The average molecular weight is 153 g/mol. The Kier molecular flexibility index (Phi) is 3.33. The second-order valence-corrected chi connectivity index (χ2v) is 2.86. The number of aliphatic hydroxyl groups is 1. The van der Waals surface area contributed by atoms with Gasteiger partial charge in [0.15, 0.2) is 0 Å². The molecule has 62 valence electrons. The first-order valence-electron chi connectivity index (χ1n) is 4.06. The zero-order valence-corrected chi connectivity index (χ0v) is 6.66. The Hall–Kier alpha value is -0.600. The summed E-state index contributed by atoms with van der Waals surface area (Å²) >= 11 is 0. The number of nitrogens with two attached hydrogens (primary N) is 1. The fraction of sp³-hybridized carbons (Fsp3) is 0.556. The number of aliphatic hydroxyl groups excluding tert-OH is 1. The van der Waals surface area contributed by atoms with Gasteiger partial charge in [0, 0.05) is 12.6 Å². The topological polar surface area (TPSA) is 46.2 Å². The van der Waals surface area contributed by atoms with Crippen LogP contribution in [0.5, 0.6) is 0 Å². The Balaban J connectivity index is 2.31. The third kappa shape index (κ3) is 2.87. The summed E-state index contributed by atoms with van der Waals surface area (Å²) in [5, 5.41) is 8.57. The molecule has 0 saturated carbocycles. The van der Waals surface area contributed by atoms with Gasteiger partial charge in [0.2, 0.25) is 0 Å². The van der Waals surface area contributed by atoms with Crippen LogP contribution in [0.3, 0.4) is 0 Å². The van der Waals surface area contributed by atoms with Crippen molar-refractivity contribution in [2.24, 2.45) is 5.73 Å². The summed E-state index contributed by atoms with van der Waals surface area (Å²) in [6.45, 7) is 0.275. The molecule has 0 aromatic carbocycles. The summed E-state index contributed by atoms with van der Waals surface area (Å²) in [5.41, 5.74) is 6.95. The Bertz CT molecular complexity index is 172. The lowest BCUT2D eigenvalue weighted by Gasteiger charge is -2.10. The van der Waals surface area contributed by atoms with Crippen LogP contribution < -0.4 is 5.73 Å². The lowest BCUT2D eigenvalue weighted by Crippen LogP contribution is -2.17. The molecule has 1 aliphatic rings. The molecule has 0 heterocycles. The van der Waals surface area contributed by atoms with Crippen molar-refractivity contribution in [2.45, 2.75) is 25.3 Å². The van der Waals surface area contributed by atoms with Crippen molar-refractivity contribution in [3.8, 4) is 0 Å². The second kappa shape index (κ2) is 4.31. The quantitative estimate of drug-likeness (QED) is 0.634. The maximum Gasteiger partial charge on any atom is 0.0434 e. The Morgan fingerprint density at radius 3 is 3.00 bits per heavy atom. The minimum absolute atomic E-state index is 0.202. The Morgan fingerprint density at radius 2 is 2.45 bits per heavy atom. The minimum Gasteiger partial charge on any atom is -0.396 e. The first kappa shape index (κ1) is 8.50. The highest BCUT2D eigenvalue weighted by atomic mass is 16.2. The van der Waals surface area contributed by atoms with E-state index in [-0.39, 0.29) is 12.6 Å². The molecule has 0 amide bonds. The van der Waals surface area contributed by atoms with Gasteiger partial charge in [-0.25, -0.2) is 0 Å². The van der Waals surface area contributed by atoms with Gasteiger partial charge < -0.3 is 10.8 Å². The van der Waals surface area contributed by atoms with Gasteiger partial charge in [-0.2, -0.15) is 0 Å². The second-order valence-electron chi connectivity index (χ2n) is 2.86. The van der Waals surface area contributed by atoms with Crippen LogP contribution in [0.15, 0.2) is 23.8 Å². The van der Waals surface area contributed by atoms with Gasteiger partial charge in [0.1, 0.15) is 0 Å². The van der Waals surface area contributed by atoms with Gasteiger partial charge in [0.25, 0.3) is 0 Å². The lowest BCUT2D eigenvalue weighted by molar-refractivity contribution is 0.289. The molecule has 2 heteroatoms. The summed E-state index contributed by atoms with van der Waals surface area (Å²) < 4.78 is 0. The summed E-state index contributed by atoms with van der Waals surface area (Å²) in [6.07, 6.45) is 9.00. The van der Waals surface area contributed by atoms with Crippen molar-refractivity contribution in [3.05, 3.63) is 23.8 Å². The lowest BCUT2D eigenvalue weighted by atomic mass is 10.0. The smallest absolute Gasteiger partial charge is 0.0434 e. The van der Waals surface area contributed by atoms with Crippen LogP contribution in [0.2, 0.25) is 0 Å². The highest BCUT2D eigenvalue weighted by Gasteiger charge is 2.02. The van der Waals surface area contributed by atoms with Gasteiger partial charge in [0.05, 0.1) is 0 Å². The van der Waals surface area contributed by atoms with E-state index in [1.165, 1.54) is 5.57 Å². The molecular formula is C9H15NO. The molecule has 0 aromatic rings. The molecule has 1 rings (SSSR count). The van der Waals surface area contributed by atoms with E-state index < -0.39 is 0 Å². The number of hydrogen-bond donors (Lipinski definition) is 2. The van der Waals surface area contributed by atoms with Crippen molar-refractivity contribution in [2.75, 3.05) is 6.61 Å². The van der Waals surface area contributed by atoms with E-state index in [9.17, 15) is 0 Å². The van der Waals surface area contributed by atoms with Crippen LogP contribution in [-0.4, -0.2) is 17.8 Å². The zero-order valence-electron chi connectivity index (χ0n) is 6.66. The largest absolute Gasteiger partial charge is 0.396 e. The SMILES string of the molecule is NC1C=CC(CCCO)=CC1. The molecule has 0 aromatic heterocycles. The molecule has 11 heavy (non-hydrogen) atoms. The van der Waals surface area contributed by atoms with E-state index in [1.54, 1.807) is 0 Å². The molecule has 0 radical (unpaired) electrons. The molecule has 0 spiro atoms. The summed E-state index contributed by atoms with van der Waals surface area (Å²) in [6, 6.07) is 0.202. The van der Waals surface area contributed by atoms with Gasteiger partial charge in [-0.15, -0.1) is 0 Å². The Morgan fingerprint density at radius 1 is 1.64 bits per heavy atom. The summed E-state index contributed by atoms with van der Waals surface area (Å²) in [5.74, 6) is 0. The van der Waals surface area contributed by atoms with E-state index in [0.717, 1.165) is 19.3 Å². The molecule has 0 bridgehead atoms. The van der Waals surface area contributed by atoms with E-state index >= 15 is 0 Å². The molecule has 0 aliphatic heterocycles. The van der Waals surface area contributed by atoms with Crippen molar-refractivity contribution < 1.29 is 5.11 Å². The van der Waals surface area contributed by atoms with Crippen molar-refractivity contribution >= 4 is 0 Å². The van der Waals surface area contributed by atoms with Crippen LogP contribution >= 0.6 is 0 Å². The number of allylic oxidation sites excluding steroid dienone is 2. The van der Waals surface area contributed by atoms with E-state index in [2.05, 4.69) is 12.2 Å². The molecule has 1 atom stereocenters. The molecule has 2 nitrogen and oxygen atoms in total. The van der Waals surface area contributed by atoms with Crippen LogP contribution in [0.25, 0.3) is 0 Å². The Labute approximate surface area is 67.4 Å². The number of hydrogen-bond acceptors (Lipinski definition) is 2. The average Bonchev–Trinajstić information content (AvgIpc) is 2.04. The zero-order chi connectivity index (χ0) is 8.10. The predicted molar refractivity (Wildman–Crippen MR) is 46.1 cm³/mol. The van der Waals surface area contributed by atoms with Gasteiger partial charge in [-0.1, -0.05) is 23.8 Å². The third-order valence-corrected chi connectivity index (χ3v) is 1.83. The van der Waals surface area contributed by atoms with E-state index in [0.29, 0.717) is 0 Å². The molecule has 0 saturated heterocycles. The molecule has 3 N–H and O–H groups in total. The highest BCUT2D eigenvalue weighted by Crippen LogP contribution is 2.13.